The van der Waals surface area contributed by atoms with Crippen LogP contribution in [-0.4, -0.2) is 25.6 Å². The molecule has 20 heavy (non-hydrogen) atoms. The SMILES string of the molecule is CCNC(=NCCc1ccco1)NCCc1ccco1. The third kappa shape index (κ3) is 4.84. The Balaban J connectivity index is 1.73. The van der Waals surface area contributed by atoms with Crippen molar-refractivity contribution in [3.8, 4) is 0 Å². The van der Waals surface area contributed by atoms with Crippen LogP contribution in [0.25, 0.3) is 0 Å². The van der Waals surface area contributed by atoms with Gasteiger partial charge >= 0.3 is 0 Å². The molecular weight excluding hydrogens is 254 g/mol. The molecule has 0 spiro atoms. The lowest BCUT2D eigenvalue weighted by Gasteiger charge is -2.10. The highest BCUT2D eigenvalue weighted by Gasteiger charge is 2.00. The number of rotatable bonds is 7. The molecule has 0 aliphatic carbocycles. The summed E-state index contributed by atoms with van der Waals surface area (Å²) in [5.74, 6) is 2.76. The lowest BCUT2D eigenvalue weighted by atomic mass is 10.3. The van der Waals surface area contributed by atoms with E-state index in [1.807, 2.05) is 24.3 Å². The zero-order valence-corrected chi connectivity index (χ0v) is 11.8. The molecule has 0 saturated heterocycles. The molecule has 0 aromatic carbocycles. The molecule has 0 fully saturated rings. The molecule has 5 nitrogen and oxygen atoms in total. The fourth-order valence-corrected chi connectivity index (χ4v) is 1.83. The fourth-order valence-electron chi connectivity index (χ4n) is 1.83. The standard InChI is InChI=1S/C15H21N3O2/c1-2-16-15(17-9-7-13-5-3-11-19-13)18-10-8-14-6-4-12-20-14/h3-6,11-12H,2,7-10H2,1H3,(H2,16,17,18). The maximum absolute atomic E-state index is 5.29. The summed E-state index contributed by atoms with van der Waals surface area (Å²) in [6, 6.07) is 7.74. The first-order valence-electron chi connectivity index (χ1n) is 6.95. The minimum Gasteiger partial charge on any atom is -0.469 e. The zero-order valence-electron chi connectivity index (χ0n) is 11.8. The van der Waals surface area contributed by atoms with Gasteiger partial charge in [-0.15, -0.1) is 0 Å². The molecule has 0 aliphatic rings. The number of aliphatic imine (C=N–C) groups is 1. The van der Waals surface area contributed by atoms with E-state index in [-0.39, 0.29) is 0 Å². The number of nitrogens with zero attached hydrogens (tertiary/aromatic N) is 1. The van der Waals surface area contributed by atoms with Gasteiger partial charge in [-0.05, 0) is 31.2 Å². The molecular formula is C15H21N3O2. The van der Waals surface area contributed by atoms with Gasteiger partial charge in [0.1, 0.15) is 11.5 Å². The Hall–Kier alpha value is -2.17. The van der Waals surface area contributed by atoms with Gasteiger partial charge < -0.3 is 19.5 Å². The molecule has 2 aromatic rings. The third-order valence-electron chi connectivity index (χ3n) is 2.80. The average molecular weight is 275 g/mol. The van der Waals surface area contributed by atoms with E-state index in [4.69, 9.17) is 8.83 Å². The summed E-state index contributed by atoms with van der Waals surface area (Å²) in [6.07, 6.45) is 5.03. The van der Waals surface area contributed by atoms with Crippen molar-refractivity contribution >= 4 is 5.96 Å². The highest BCUT2D eigenvalue weighted by molar-refractivity contribution is 5.79. The Morgan fingerprint density at radius 1 is 1.05 bits per heavy atom. The van der Waals surface area contributed by atoms with Crippen molar-refractivity contribution in [1.29, 1.82) is 0 Å². The van der Waals surface area contributed by atoms with E-state index < -0.39 is 0 Å². The van der Waals surface area contributed by atoms with Crippen molar-refractivity contribution in [3.63, 3.8) is 0 Å². The second-order valence-corrected chi connectivity index (χ2v) is 4.35. The minimum absolute atomic E-state index is 0.698. The monoisotopic (exact) mass is 275 g/mol. The summed E-state index contributed by atoms with van der Waals surface area (Å²) in [4.78, 5) is 4.51. The van der Waals surface area contributed by atoms with Gasteiger partial charge in [0.2, 0.25) is 0 Å². The Morgan fingerprint density at radius 3 is 2.35 bits per heavy atom. The summed E-state index contributed by atoms with van der Waals surface area (Å²) in [6.45, 7) is 4.38. The van der Waals surface area contributed by atoms with Crippen LogP contribution in [0.1, 0.15) is 18.4 Å². The van der Waals surface area contributed by atoms with E-state index in [9.17, 15) is 0 Å². The number of guanidine groups is 1. The largest absolute Gasteiger partial charge is 0.469 e. The quantitative estimate of drug-likeness (QED) is 0.601. The Labute approximate surface area is 119 Å². The lowest BCUT2D eigenvalue weighted by Crippen LogP contribution is -2.38. The topological polar surface area (TPSA) is 62.7 Å². The molecule has 2 heterocycles. The highest BCUT2D eigenvalue weighted by Crippen LogP contribution is 2.01. The summed E-state index contributed by atoms with van der Waals surface area (Å²) in [7, 11) is 0. The van der Waals surface area contributed by atoms with Crippen molar-refractivity contribution in [3.05, 3.63) is 48.3 Å². The highest BCUT2D eigenvalue weighted by atomic mass is 16.3. The molecule has 0 atom stereocenters. The van der Waals surface area contributed by atoms with Gasteiger partial charge in [0, 0.05) is 32.5 Å². The summed E-state index contributed by atoms with van der Waals surface area (Å²) in [5.41, 5.74) is 0. The number of nitrogens with one attached hydrogen (secondary N) is 2. The average Bonchev–Trinajstić information content (AvgIpc) is 3.11. The summed E-state index contributed by atoms with van der Waals surface area (Å²) >= 11 is 0. The molecule has 0 amide bonds. The number of hydrogen-bond acceptors (Lipinski definition) is 3. The fraction of sp³-hybridized carbons (Fsp3) is 0.400. The third-order valence-corrected chi connectivity index (χ3v) is 2.80. The van der Waals surface area contributed by atoms with Crippen LogP contribution in [0.15, 0.2) is 50.6 Å². The molecule has 0 saturated carbocycles. The molecule has 0 unspecified atom stereocenters. The molecule has 0 aliphatic heterocycles. The van der Waals surface area contributed by atoms with E-state index in [2.05, 4.69) is 22.5 Å². The van der Waals surface area contributed by atoms with Crippen LogP contribution >= 0.6 is 0 Å². The van der Waals surface area contributed by atoms with Gasteiger partial charge in [-0.1, -0.05) is 0 Å². The number of furan rings is 2. The predicted octanol–water partition coefficient (Wildman–Crippen LogP) is 2.21. The zero-order chi connectivity index (χ0) is 14.0. The van der Waals surface area contributed by atoms with Gasteiger partial charge in [-0.25, -0.2) is 0 Å². The van der Waals surface area contributed by atoms with Crippen molar-refractivity contribution in [1.82, 2.24) is 10.6 Å². The molecule has 0 bridgehead atoms. The van der Waals surface area contributed by atoms with Crippen LogP contribution in [-0.2, 0) is 12.8 Å². The van der Waals surface area contributed by atoms with Crippen LogP contribution < -0.4 is 10.6 Å². The number of hydrogen-bond donors (Lipinski definition) is 2. The van der Waals surface area contributed by atoms with Gasteiger partial charge in [-0.2, -0.15) is 0 Å². The van der Waals surface area contributed by atoms with Crippen LogP contribution in [0, 0.1) is 0 Å². The van der Waals surface area contributed by atoms with E-state index in [0.29, 0.717) is 6.54 Å². The minimum atomic E-state index is 0.698. The molecule has 0 radical (unpaired) electrons. The first-order chi connectivity index (χ1) is 9.88. The Morgan fingerprint density at radius 2 is 1.75 bits per heavy atom. The van der Waals surface area contributed by atoms with Crippen molar-refractivity contribution in [2.75, 3.05) is 19.6 Å². The van der Waals surface area contributed by atoms with Gasteiger partial charge in [0.15, 0.2) is 5.96 Å². The predicted molar refractivity (Wildman–Crippen MR) is 78.8 cm³/mol. The van der Waals surface area contributed by atoms with Gasteiger partial charge in [0.05, 0.1) is 12.5 Å². The second kappa shape index (κ2) is 8.09. The molecule has 2 rings (SSSR count). The molecule has 2 aromatic heterocycles. The maximum Gasteiger partial charge on any atom is 0.191 e. The van der Waals surface area contributed by atoms with Crippen LogP contribution in [0.4, 0.5) is 0 Å². The first kappa shape index (κ1) is 14.2. The summed E-state index contributed by atoms with van der Waals surface area (Å²) < 4.78 is 10.6. The van der Waals surface area contributed by atoms with Gasteiger partial charge in [0.25, 0.3) is 0 Å². The van der Waals surface area contributed by atoms with E-state index in [1.54, 1.807) is 12.5 Å². The van der Waals surface area contributed by atoms with E-state index >= 15 is 0 Å². The van der Waals surface area contributed by atoms with Crippen LogP contribution in [0.2, 0.25) is 0 Å². The smallest absolute Gasteiger partial charge is 0.191 e. The maximum atomic E-state index is 5.29. The molecule has 5 heteroatoms. The first-order valence-corrected chi connectivity index (χ1v) is 6.95. The van der Waals surface area contributed by atoms with Crippen LogP contribution in [0.3, 0.4) is 0 Å². The Kier molecular flexibility index (Phi) is 5.76. The molecule has 108 valence electrons. The van der Waals surface area contributed by atoms with Crippen molar-refractivity contribution in [2.24, 2.45) is 4.99 Å². The van der Waals surface area contributed by atoms with Crippen molar-refractivity contribution in [2.45, 2.75) is 19.8 Å². The molecule has 2 N–H and O–H groups in total. The van der Waals surface area contributed by atoms with E-state index in [0.717, 1.165) is 43.4 Å². The summed E-state index contributed by atoms with van der Waals surface area (Å²) in [5, 5.41) is 6.51. The Bertz CT molecular complexity index is 489. The van der Waals surface area contributed by atoms with Gasteiger partial charge in [-0.3, -0.25) is 4.99 Å². The lowest BCUT2D eigenvalue weighted by molar-refractivity contribution is 0.506. The van der Waals surface area contributed by atoms with E-state index in [1.165, 1.54) is 0 Å². The second-order valence-electron chi connectivity index (χ2n) is 4.35. The van der Waals surface area contributed by atoms with Crippen molar-refractivity contribution < 1.29 is 8.83 Å². The van der Waals surface area contributed by atoms with Crippen LogP contribution in [0.5, 0.6) is 0 Å². The normalized spacial score (nSPS) is 11.6.